The van der Waals surface area contributed by atoms with Gasteiger partial charge in [0.25, 0.3) is 25.8 Å². The van der Waals surface area contributed by atoms with Crippen LogP contribution in [0, 0.1) is 19.3 Å². The van der Waals surface area contributed by atoms with Gasteiger partial charge in [-0.25, -0.2) is 14.6 Å². The molecule has 0 unspecified atom stereocenters. The van der Waals surface area contributed by atoms with E-state index in [0.717, 1.165) is 11.1 Å². The third kappa shape index (κ3) is 9.52. The first-order chi connectivity index (χ1) is 25.6. The Morgan fingerprint density at radius 1 is 0.796 bits per heavy atom. The van der Waals surface area contributed by atoms with Crippen molar-refractivity contribution in [2.45, 2.75) is 68.4 Å². The van der Waals surface area contributed by atoms with Gasteiger partial charge in [-0.05, 0) is 76.3 Å². The Kier molecular flexibility index (Phi) is 12.3. The number of amides is 1. The van der Waals surface area contributed by atoms with Crippen molar-refractivity contribution in [1.29, 1.82) is 0 Å². The van der Waals surface area contributed by atoms with E-state index in [0.29, 0.717) is 5.56 Å². The van der Waals surface area contributed by atoms with Crippen LogP contribution < -0.4 is 10.9 Å². The number of aryl methyl sites for hydroxylation is 2. The van der Waals surface area contributed by atoms with Crippen molar-refractivity contribution >= 4 is 32.3 Å². The summed E-state index contributed by atoms with van der Waals surface area (Å²) in [6.07, 6.45) is -1.27. The lowest BCUT2D eigenvalue weighted by molar-refractivity contribution is 0.0145. The first-order valence-corrected chi connectivity index (χ1v) is 19.8. The topological polar surface area (TPSA) is 217 Å². The van der Waals surface area contributed by atoms with Gasteiger partial charge < -0.3 is 24.9 Å². The minimum absolute atomic E-state index is 0.0574. The van der Waals surface area contributed by atoms with E-state index in [1.807, 2.05) is 0 Å². The minimum atomic E-state index is -4.32. The Morgan fingerprint density at radius 2 is 1.31 bits per heavy atom. The van der Waals surface area contributed by atoms with Gasteiger partial charge in [0.2, 0.25) is 5.75 Å². The lowest BCUT2D eigenvalue weighted by atomic mass is 9.67. The van der Waals surface area contributed by atoms with Gasteiger partial charge in [-0.15, -0.1) is 0 Å². The van der Waals surface area contributed by atoms with E-state index in [9.17, 15) is 36.3 Å². The average molecular weight is 784 g/mol. The number of nitrogens with zero attached hydrogens (tertiary/aromatic N) is 1. The molecule has 3 aromatic carbocycles. The van der Waals surface area contributed by atoms with Crippen LogP contribution in [0.3, 0.4) is 0 Å². The summed E-state index contributed by atoms with van der Waals surface area (Å²) in [6, 6.07) is 20.8. The molecule has 0 spiro atoms. The fourth-order valence-electron chi connectivity index (χ4n) is 5.90. The highest BCUT2D eigenvalue weighted by Crippen LogP contribution is 2.46. The molecule has 1 aromatic heterocycles. The highest BCUT2D eigenvalue weighted by Gasteiger charge is 2.48. The molecule has 0 bridgehead atoms. The van der Waals surface area contributed by atoms with E-state index in [4.69, 9.17) is 17.8 Å². The summed E-state index contributed by atoms with van der Waals surface area (Å²) in [5.74, 6) is -2.30. The van der Waals surface area contributed by atoms with Gasteiger partial charge in [-0.2, -0.15) is 16.8 Å². The van der Waals surface area contributed by atoms with Crippen LogP contribution in [0.4, 0.5) is 4.79 Å². The van der Waals surface area contributed by atoms with Gasteiger partial charge >= 0.3 is 12.1 Å². The number of aromatic amines is 1. The summed E-state index contributed by atoms with van der Waals surface area (Å²) in [5, 5.41) is 13.2. The van der Waals surface area contributed by atoms with Crippen molar-refractivity contribution in [2.24, 2.45) is 5.41 Å². The number of hydrogen-bond acceptors (Lipinski definition) is 13. The quantitative estimate of drug-likeness (QED) is 0.116. The first-order valence-electron chi connectivity index (χ1n) is 17.0. The van der Waals surface area contributed by atoms with Crippen LogP contribution in [0.2, 0.25) is 0 Å². The van der Waals surface area contributed by atoms with Crippen molar-refractivity contribution in [3.8, 4) is 5.75 Å². The molecule has 1 heterocycles. The maximum absolute atomic E-state index is 13.4. The van der Waals surface area contributed by atoms with Gasteiger partial charge in [0, 0.05) is 5.41 Å². The molecular formula is C37H41N3O12S2. The van der Waals surface area contributed by atoms with Crippen molar-refractivity contribution < 1.29 is 49.4 Å². The van der Waals surface area contributed by atoms with Crippen LogP contribution >= 0.6 is 0 Å². The number of H-pyrrole nitrogens is 1. The molecule has 1 aliphatic carbocycles. The summed E-state index contributed by atoms with van der Waals surface area (Å²) in [5.41, 5.74) is -2.32. The van der Waals surface area contributed by atoms with Crippen LogP contribution in [0.25, 0.3) is 0 Å². The maximum Gasteiger partial charge on any atom is 0.408 e. The van der Waals surface area contributed by atoms with Crippen molar-refractivity contribution in [2.75, 3.05) is 19.8 Å². The number of rotatable bonds is 14. The van der Waals surface area contributed by atoms with Gasteiger partial charge in [0.1, 0.15) is 18.0 Å². The van der Waals surface area contributed by atoms with Crippen LogP contribution in [-0.2, 0) is 50.2 Å². The van der Waals surface area contributed by atoms with Gasteiger partial charge in [-0.1, -0.05) is 65.7 Å². The number of esters is 1. The number of alkyl carbamates (subject to hydrolysis) is 1. The third-order valence-electron chi connectivity index (χ3n) is 9.20. The molecule has 288 valence electrons. The zero-order chi connectivity index (χ0) is 39.1. The zero-order valence-electron chi connectivity index (χ0n) is 29.9. The van der Waals surface area contributed by atoms with E-state index in [1.165, 1.54) is 31.2 Å². The molecule has 1 fully saturated rings. The van der Waals surface area contributed by atoms with Gasteiger partial charge in [0.15, 0.2) is 5.69 Å². The van der Waals surface area contributed by atoms with Crippen LogP contribution in [0.1, 0.15) is 65.6 Å². The van der Waals surface area contributed by atoms with E-state index in [2.05, 4.69) is 15.3 Å². The van der Waals surface area contributed by atoms with Crippen molar-refractivity contribution in [3.63, 3.8) is 0 Å². The predicted octanol–water partition coefficient (Wildman–Crippen LogP) is 4.76. The molecule has 54 heavy (non-hydrogen) atoms. The second kappa shape index (κ2) is 16.5. The van der Waals surface area contributed by atoms with Gasteiger partial charge in [0.05, 0.1) is 29.6 Å². The first kappa shape index (κ1) is 40.1. The number of aromatic nitrogens is 2. The standard InChI is InChI=1S/C37H41N3O12S2/c1-4-49-33(43)30-31(41)32(42)39-34(38-30)37(40-35(44)50-22-27-8-6-5-7-9-27)20-18-36(19-21-37,23-51-53(45,46)28-14-10-25(2)11-15-28)24-52-54(47,48)29-16-12-26(3)13-17-29/h5-17,41H,4,18-24H2,1-3H3,(H,40,44)(H,38,39,42). The van der Waals surface area contributed by atoms with E-state index in [1.54, 1.807) is 68.4 Å². The Morgan fingerprint density at radius 3 is 1.81 bits per heavy atom. The van der Waals surface area contributed by atoms with Crippen LogP contribution in [0.5, 0.6) is 5.75 Å². The fraction of sp³-hybridized carbons (Fsp3) is 0.351. The van der Waals surface area contributed by atoms with Crippen LogP contribution in [0.15, 0.2) is 93.4 Å². The Labute approximate surface area is 312 Å². The van der Waals surface area contributed by atoms with E-state index >= 15 is 0 Å². The second-order valence-corrected chi connectivity index (χ2v) is 16.4. The number of hydrogen-bond donors (Lipinski definition) is 3. The smallest absolute Gasteiger partial charge is 0.408 e. The highest BCUT2D eigenvalue weighted by molar-refractivity contribution is 7.87. The summed E-state index contributed by atoms with van der Waals surface area (Å²) < 4.78 is 74.8. The van der Waals surface area contributed by atoms with Crippen molar-refractivity contribution in [3.05, 3.63) is 117 Å². The summed E-state index contributed by atoms with van der Waals surface area (Å²) in [6.45, 7) is 3.88. The predicted molar refractivity (Wildman–Crippen MR) is 193 cm³/mol. The largest absolute Gasteiger partial charge is 0.501 e. The summed E-state index contributed by atoms with van der Waals surface area (Å²) in [4.78, 5) is 45.5. The Bertz CT molecular complexity index is 2150. The molecule has 3 N–H and O–H groups in total. The number of ether oxygens (including phenoxy) is 2. The normalized spacial score (nSPS) is 15.2. The zero-order valence-corrected chi connectivity index (χ0v) is 31.5. The average Bonchev–Trinajstić information content (AvgIpc) is 3.15. The lowest BCUT2D eigenvalue weighted by Gasteiger charge is -2.45. The number of carbonyl (C=O) groups excluding carboxylic acids is 2. The number of benzene rings is 3. The van der Waals surface area contributed by atoms with Crippen LogP contribution in [-0.4, -0.2) is 63.8 Å². The molecule has 0 radical (unpaired) electrons. The molecule has 1 aliphatic rings. The van der Waals surface area contributed by atoms with E-state index < -0.39 is 73.5 Å². The Hall–Kier alpha value is -5.10. The molecule has 4 aromatic rings. The maximum atomic E-state index is 13.4. The molecule has 15 nitrogen and oxygen atoms in total. The Balaban J connectivity index is 1.49. The number of aromatic hydroxyl groups is 1. The minimum Gasteiger partial charge on any atom is -0.501 e. The SMILES string of the molecule is CCOC(=O)c1nc(C2(NC(=O)OCc3ccccc3)CCC(COS(=O)(=O)c3ccc(C)cc3)(COS(=O)(=O)c3ccc(C)cc3)CC2)[nH]c(=O)c1O. The molecule has 0 atom stereocenters. The van der Waals surface area contributed by atoms with Crippen molar-refractivity contribution in [1.82, 2.24) is 15.3 Å². The fourth-order valence-corrected chi connectivity index (χ4v) is 7.92. The lowest BCUT2D eigenvalue weighted by Crippen LogP contribution is -2.53. The molecule has 1 amide bonds. The van der Waals surface area contributed by atoms with E-state index in [-0.39, 0.29) is 54.5 Å². The molecule has 1 saturated carbocycles. The second-order valence-electron chi connectivity index (χ2n) is 13.2. The molecule has 17 heteroatoms. The molecular weight excluding hydrogens is 743 g/mol. The number of nitrogens with one attached hydrogen (secondary N) is 2. The number of carbonyl (C=O) groups is 2. The molecule has 0 aliphatic heterocycles. The summed E-state index contributed by atoms with van der Waals surface area (Å²) in [7, 11) is -8.65. The third-order valence-corrected chi connectivity index (χ3v) is 11.8. The monoisotopic (exact) mass is 783 g/mol. The molecule has 0 saturated heterocycles. The van der Waals surface area contributed by atoms with Gasteiger partial charge in [-0.3, -0.25) is 13.2 Å². The summed E-state index contributed by atoms with van der Waals surface area (Å²) >= 11 is 0. The highest BCUT2D eigenvalue weighted by atomic mass is 32.2. The molecule has 5 rings (SSSR count).